The van der Waals surface area contributed by atoms with Crippen LogP contribution in [0.25, 0.3) is 0 Å². The standard InChI is InChI=1S/C9H18O3/c1-4-9(3,5-2)8(11)12-7-6-10/h10H,4-7H2,1-3H3. The van der Waals surface area contributed by atoms with Crippen molar-refractivity contribution in [2.45, 2.75) is 33.6 Å². The van der Waals surface area contributed by atoms with E-state index in [0.29, 0.717) is 0 Å². The Kier molecular flexibility index (Phi) is 4.90. The number of carbonyl (C=O) groups is 1. The van der Waals surface area contributed by atoms with Gasteiger partial charge in [-0.2, -0.15) is 0 Å². The van der Waals surface area contributed by atoms with Crippen LogP contribution in [0.5, 0.6) is 0 Å². The molecular formula is C9H18O3. The number of esters is 1. The predicted molar refractivity (Wildman–Crippen MR) is 46.7 cm³/mol. The second-order valence-corrected chi connectivity index (χ2v) is 3.13. The van der Waals surface area contributed by atoms with Gasteiger partial charge < -0.3 is 9.84 Å². The first-order valence-electron chi connectivity index (χ1n) is 4.38. The van der Waals surface area contributed by atoms with Gasteiger partial charge in [0.1, 0.15) is 6.61 Å². The quantitative estimate of drug-likeness (QED) is 0.640. The normalized spacial score (nSPS) is 11.3. The lowest BCUT2D eigenvalue weighted by atomic mass is 9.85. The van der Waals surface area contributed by atoms with Gasteiger partial charge in [-0.05, 0) is 19.8 Å². The maximum atomic E-state index is 11.4. The van der Waals surface area contributed by atoms with Gasteiger partial charge in [0, 0.05) is 0 Å². The molecule has 0 aromatic carbocycles. The van der Waals surface area contributed by atoms with E-state index in [1.807, 2.05) is 20.8 Å². The van der Waals surface area contributed by atoms with E-state index in [4.69, 9.17) is 9.84 Å². The van der Waals surface area contributed by atoms with Crippen molar-refractivity contribution < 1.29 is 14.6 Å². The van der Waals surface area contributed by atoms with Crippen LogP contribution in [0.1, 0.15) is 33.6 Å². The summed E-state index contributed by atoms with van der Waals surface area (Å²) in [6.07, 6.45) is 1.54. The molecule has 0 aromatic rings. The van der Waals surface area contributed by atoms with Crippen LogP contribution in [-0.4, -0.2) is 24.3 Å². The van der Waals surface area contributed by atoms with Crippen molar-refractivity contribution in [3.05, 3.63) is 0 Å². The Labute approximate surface area is 73.7 Å². The summed E-state index contributed by atoms with van der Waals surface area (Å²) in [4.78, 5) is 11.4. The molecule has 0 aromatic heterocycles. The first kappa shape index (κ1) is 11.4. The molecule has 0 saturated heterocycles. The van der Waals surface area contributed by atoms with Crippen molar-refractivity contribution in [3.8, 4) is 0 Å². The molecule has 72 valence electrons. The van der Waals surface area contributed by atoms with Crippen LogP contribution < -0.4 is 0 Å². The molecule has 0 aliphatic carbocycles. The number of hydrogen-bond donors (Lipinski definition) is 1. The maximum Gasteiger partial charge on any atom is 0.311 e. The summed E-state index contributed by atoms with van der Waals surface area (Å²) in [5.41, 5.74) is -0.380. The number of carbonyl (C=O) groups excluding carboxylic acids is 1. The summed E-state index contributed by atoms with van der Waals surface area (Å²) in [6, 6.07) is 0. The Morgan fingerprint density at radius 2 is 1.92 bits per heavy atom. The molecule has 0 atom stereocenters. The van der Waals surface area contributed by atoms with E-state index >= 15 is 0 Å². The van der Waals surface area contributed by atoms with E-state index in [2.05, 4.69) is 0 Å². The smallest absolute Gasteiger partial charge is 0.311 e. The van der Waals surface area contributed by atoms with Crippen molar-refractivity contribution in [3.63, 3.8) is 0 Å². The highest BCUT2D eigenvalue weighted by atomic mass is 16.5. The van der Waals surface area contributed by atoms with E-state index < -0.39 is 0 Å². The van der Waals surface area contributed by atoms with Gasteiger partial charge in [0.15, 0.2) is 0 Å². The SMILES string of the molecule is CCC(C)(CC)C(=O)OCCO. The summed E-state index contributed by atoms with van der Waals surface area (Å²) in [7, 11) is 0. The summed E-state index contributed by atoms with van der Waals surface area (Å²) in [5.74, 6) is -0.207. The van der Waals surface area contributed by atoms with Gasteiger partial charge in [-0.15, -0.1) is 0 Å². The molecule has 0 heterocycles. The van der Waals surface area contributed by atoms with E-state index in [0.717, 1.165) is 12.8 Å². The predicted octanol–water partition coefficient (Wildman–Crippen LogP) is 1.35. The lowest BCUT2D eigenvalue weighted by Gasteiger charge is -2.23. The monoisotopic (exact) mass is 174 g/mol. The first-order valence-corrected chi connectivity index (χ1v) is 4.38. The molecule has 3 heteroatoms. The van der Waals surface area contributed by atoms with E-state index in [-0.39, 0.29) is 24.6 Å². The van der Waals surface area contributed by atoms with Gasteiger partial charge in [-0.25, -0.2) is 0 Å². The summed E-state index contributed by atoms with van der Waals surface area (Å²) >= 11 is 0. The number of ether oxygens (including phenoxy) is 1. The summed E-state index contributed by atoms with van der Waals surface area (Å²) in [5, 5.41) is 8.45. The van der Waals surface area contributed by atoms with Crippen molar-refractivity contribution in [1.82, 2.24) is 0 Å². The molecule has 0 saturated carbocycles. The fourth-order valence-corrected chi connectivity index (χ4v) is 0.851. The highest BCUT2D eigenvalue weighted by Crippen LogP contribution is 2.26. The van der Waals surface area contributed by atoms with Gasteiger partial charge in [0.25, 0.3) is 0 Å². The molecule has 0 aliphatic heterocycles. The van der Waals surface area contributed by atoms with Gasteiger partial charge >= 0.3 is 5.97 Å². The molecule has 0 fully saturated rings. The van der Waals surface area contributed by atoms with Gasteiger partial charge in [0.2, 0.25) is 0 Å². The van der Waals surface area contributed by atoms with Crippen molar-refractivity contribution >= 4 is 5.97 Å². The van der Waals surface area contributed by atoms with Gasteiger partial charge in [-0.1, -0.05) is 13.8 Å². The molecule has 0 unspecified atom stereocenters. The number of hydrogen-bond acceptors (Lipinski definition) is 3. The minimum Gasteiger partial charge on any atom is -0.463 e. The fraction of sp³-hybridized carbons (Fsp3) is 0.889. The maximum absolute atomic E-state index is 11.4. The average Bonchev–Trinajstić information content (AvgIpc) is 2.12. The van der Waals surface area contributed by atoms with Crippen LogP contribution in [0.15, 0.2) is 0 Å². The Morgan fingerprint density at radius 3 is 2.25 bits per heavy atom. The third-order valence-corrected chi connectivity index (χ3v) is 2.38. The third-order valence-electron chi connectivity index (χ3n) is 2.38. The van der Waals surface area contributed by atoms with Gasteiger partial charge in [-0.3, -0.25) is 4.79 Å². The highest BCUT2D eigenvalue weighted by Gasteiger charge is 2.30. The van der Waals surface area contributed by atoms with Crippen molar-refractivity contribution in [2.75, 3.05) is 13.2 Å². The number of aliphatic hydroxyl groups is 1. The van der Waals surface area contributed by atoms with Crippen LogP contribution in [0.3, 0.4) is 0 Å². The van der Waals surface area contributed by atoms with Gasteiger partial charge in [0.05, 0.1) is 12.0 Å². The van der Waals surface area contributed by atoms with Crippen molar-refractivity contribution in [1.29, 1.82) is 0 Å². The lowest BCUT2D eigenvalue weighted by Crippen LogP contribution is -2.29. The van der Waals surface area contributed by atoms with E-state index in [1.165, 1.54) is 0 Å². The minimum absolute atomic E-state index is 0.102. The molecule has 0 bridgehead atoms. The van der Waals surface area contributed by atoms with Crippen LogP contribution in [0.4, 0.5) is 0 Å². The topological polar surface area (TPSA) is 46.5 Å². The number of rotatable bonds is 5. The van der Waals surface area contributed by atoms with Crippen LogP contribution >= 0.6 is 0 Å². The Bertz CT molecular complexity index is 139. The van der Waals surface area contributed by atoms with E-state index in [9.17, 15) is 4.79 Å². The largest absolute Gasteiger partial charge is 0.463 e. The Morgan fingerprint density at radius 1 is 1.42 bits per heavy atom. The molecule has 0 rings (SSSR count). The molecule has 0 aliphatic rings. The molecule has 0 amide bonds. The molecule has 1 N–H and O–H groups in total. The minimum atomic E-state index is -0.380. The molecule has 3 nitrogen and oxygen atoms in total. The van der Waals surface area contributed by atoms with Crippen molar-refractivity contribution in [2.24, 2.45) is 5.41 Å². The average molecular weight is 174 g/mol. The first-order chi connectivity index (χ1) is 5.60. The molecule has 0 radical (unpaired) electrons. The Hall–Kier alpha value is -0.570. The summed E-state index contributed by atoms with van der Waals surface area (Å²) < 4.78 is 4.85. The second kappa shape index (κ2) is 5.14. The van der Waals surface area contributed by atoms with Crippen LogP contribution in [0, 0.1) is 5.41 Å². The lowest BCUT2D eigenvalue weighted by molar-refractivity contribution is -0.156. The van der Waals surface area contributed by atoms with E-state index in [1.54, 1.807) is 0 Å². The zero-order valence-corrected chi connectivity index (χ0v) is 8.09. The van der Waals surface area contributed by atoms with Crippen LogP contribution in [0.2, 0.25) is 0 Å². The fourth-order valence-electron chi connectivity index (χ4n) is 0.851. The van der Waals surface area contributed by atoms with Crippen LogP contribution in [-0.2, 0) is 9.53 Å². The Balaban J connectivity index is 4.03. The zero-order valence-electron chi connectivity index (χ0n) is 8.09. The number of aliphatic hydroxyl groups excluding tert-OH is 1. The third kappa shape index (κ3) is 2.81. The zero-order chi connectivity index (χ0) is 9.61. The molecule has 0 spiro atoms. The molecular weight excluding hydrogens is 156 g/mol. The summed E-state index contributed by atoms with van der Waals surface area (Å²) in [6.45, 7) is 5.81. The second-order valence-electron chi connectivity index (χ2n) is 3.13. The highest BCUT2D eigenvalue weighted by molar-refractivity contribution is 5.76. The molecule has 12 heavy (non-hydrogen) atoms.